The van der Waals surface area contributed by atoms with Crippen LogP contribution in [0, 0.1) is 0 Å². The van der Waals surface area contributed by atoms with Crippen molar-refractivity contribution in [3.8, 4) is 11.5 Å². The number of rotatable bonds is 9. The number of alkyl halides is 1. The molecule has 0 N–H and O–H groups in total. The molecular formula is C19H23ClO3. The second kappa shape index (κ2) is 9.43. The number of ether oxygens (including phenoxy) is 3. The van der Waals surface area contributed by atoms with E-state index in [1.54, 1.807) is 14.2 Å². The molecule has 0 bridgehead atoms. The van der Waals surface area contributed by atoms with Gasteiger partial charge in [0.05, 0.1) is 26.9 Å². The molecule has 2 aromatic carbocycles. The lowest BCUT2D eigenvalue weighted by Crippen LogP contribution is -2.17. The molecule has 0 heterocycles. The molecule has 0 fully saturated rings. The zero-order chi connectivity index (χ0) is 16.5. The molecule has 0 amide bonds. The number of hydrogen-bond acceptors (Lipinski definition) is 3. The first-order chi connectivity index (χ1) is 11.2. The van der Waals surface area contributed by atoms with Crippen molar-refractivity contribution < 1.29 is 14.2 Å². The first kappa shape index (κ1) is 17.6. The molecule has 124 valence electrons. The second-order valence-electron chi connectivity index (χ2n) is 5.31. The lowest BCUT2D eigenvalue weighted by Gasteiger charge is -2.17. The first-order valence-electron chi connectivity index (χ1n) is 7.68. The van der Waals surface area contributed by atoms with Crippen LogP contribution >= 0.6 is 11.6 Å². The predicted octanol–water partition coefficient (Wildman–Crippen LogP) is 4.46. The smallest absolute Gasteiger partial charge is 0.118 e. The molecule has 0 aliphatic heterocycles. The molecule has 0 spiro atoms. The zero-order valence-corrected chi connectivity index (χ0v) is 14.4. The summed E-state index contributed by atoms with van der Waals surface area (Å²) in [4.78, 5) is 0. The first-order valence-corrected chi connectivity index (χ1v) is 8.22. The van der Waals surface area contributed by atoms with Crippen LogP contribution in [0.1, 0.15) is 17.5 Å². The van der Waals surface area contributed by atoms with Crippen LogP contribution < -0.4 is 9.47 Å². The Morgan fingerprint density at radius 2 is 1.35 bits per heavy atom. The van der Waals surface area contributed by atoms with Crippen molar-refractivity contribution in [1.29, 1.82) is 0 Å². The summed E-state index contributed by atoms with van der Waals surface area (Å²) in [5, 5.41) is 0. The molecule has 2 rings (SSSR count). The van der Waals surface area contributed by atoms with Gasteiger partial charge in [0.25, 0.3) is 0 Å². The van der Waals surface area contributed by atoms with Gasteiger partial charge < -0.3 is 14.2 Å². The molecule has 3 nitrogen and oxygen atoms in total. The van der Waals surface area contributed by atoms with Gasteiger partial charge in [-0.1, -0.05) is 24.3 Å². The molecule has 0 aromatic heterocycles. The van der Waals surface area contributed by atoms with Crippen molar-refractivity contribution in [3.63, 3.8) is 0 Å². The SMILES string of the molecule is COc1ccc(COC(CCCl)Cc2ccc(OC)cc2)cc1. The Morgan fingerprint density at radius 3 is 1.83 bits per heavy atom. The molecule has 0 saturated heterocycles. The van der Waals surface area contributed by atoms with Crippen LogP contribution in [0.2, 0.25) is 0 Å². The van der Waals surface area contributed by atoms with Crippen molar-refractivity contribution in [2.24, 2.45) is 0 Å². The molecular weight excluding hydrogens is 312 g/mol. The minimum atomic E-state index is 0.1000. The van der Waals surface area contributed by atoms with Crippen molar-refractivity contribution in [2.75, 3.05) is 20.1 Å². The Labute approximate surface area is 143 Å². The van der Waals surface area contributed by atoms with Gasteiger partial charge in [0.1, 0.15) is 11.5 Å². The van der Waals surface area contributed by atoms with E-state index in [1.165, 1.54) is 5.56 Å². The summed E-state index contributed by atoms with van der Waals surface area (Å²) in [6.07, 6.45) is 1.76. The third-order valence-electron chi connectivity index (χ3n) is 3.70. The van der Waals surface area contributed by atoms with Crippen LogP contribution in [-0.2, 0) is 17.8 Å². The van der Waals surface area contributed by atoms with Crippen molar-refractivity contribution in [3.05, 3.63) is 59.7 Å². The van der Waals surface area contributed by atoms with Crippen molar-refractivity contribution in [2.45, 2.75) is 25.6 Å². The van der Waals surface area contributed by atoms with Crippen LogP contribution in [0.15, 0.2) is 48.5 Å². The van der Waals surface area contributed by atoms with Crippen molar-refractivity contribution in [1.82, 2.24) is 0 Å². The van der Waals surface area contributed by atoms with Crippen LogP contribution in [-0.4, -0.2) is 26.2 Å². The highest BCUT2D eigenvalue weighted by molar-refractivity contribution is 6.17. The normalized spacial score (nSPS) is 12.0. The Hall–Kier alpha value is -1.71. The third kappa shape index (κ3) is 5.77. The topological polar surface area (TPSA) is 27.7 Å². The Kier molecular flexibility index (Phi) is 7.24. The molecule has 0 aliphatic rings. The summed E-state index contributed by atoms with van der Waals surface area (Å²) >= 11 is 5.91. The predicted molar refractivity (Wildman–Crippen MR) is 93.6 cm³/mol. The zero-order valence-electron chi connectivity index (χ0n) is 13.6. The van der Waals surface area contributed by atoms with E-state index in [0.717, 1.165) is 29.9 Å². The molecule has 0 saturated carbocycles. The summed E-state index contributed by atoms with van der Waals surface area (Å²) in [5.74, 6) is 2.30. The van der Waals surface area contributed by atoms with Gasteiger partial charge in [-0.3, -0.25) is 0 Å². The van der Waals surface area contributed by atoms with E-state index >= 15 is 0 Å². The van der Waals surface area contributed by atoms with Crippen LogP contribution in [0.25, 0.3) is 0 Å². The maximum Gasteiger partial charge on any atom is 0.118 e. The van der Waals surface area contributed by atoms with E-state index in [4.69, 9.17) is 25.8 Å². The summed E-state index contributed by atoms with van der Waals surface area (Å²) in [5.41, 5.74) is 2.34. The molecule has 1 atom stereocenters. The quantitative estimate of drug-likeness (QED) is 0.634. The molecule has 23 heavy (non-hydrogen) atoms. The highest BCUT2D eigenvalue weighted by Gasteiger charge is 2.10. The Bertz CT molecular complexity index is 566. The molecule has 1 unspecified atom stereocenters. The van der Waals surface area contributed by atoms with Crippen LogP contribution in [0.4, 0.5) is 0 Å². The van der Waals surface area contributed by atoms with Gasteiger partial charge in [0.2, 0.25) is 0 Å². The van der Waals surface area contributed by atoms with Crippen LogP contribution in [0.5, 0.6) is 11.5 Å². The monoisotopic (exact) mass is 334 g/mol. The van der Waals surface area contributed by atoms with Gasteiger partial charge in [-0.05, 0) is 48.2 Å². The van der Waals surface area contributed by atoms with E-state index in [0.29, 0.717) is 12.5 Å². The second-order valence-corrected chi connectivity index (χ2v) is 5.69. The molecule has 2 aromatic rings. The number of methoxy groups -OCH3 is 2. The summed E-state index contributed by atoms with van der Waals surface area (Å²) in [7, 11) is 3.33. The van der Waals surface area contributed by atoms with Gasteiger partial charge in [0.15, 0.2) is 0 Å². The van der Waals surface area contributed by atoms with Crippen molar-refractivity contribution >= 4 is 11.6 Å². The van der Waals surface area contributed by atoms with Gasteiger partial charge in [0, 0.05) is 5.88 Å². The standard InChI is InChI=1S/C19H23ClO3/c1-21-17-7-3-15(4-8-17)13-19(11-12-20)23-14-16-5-9-18(22-2)10-6-16/h3-10,19H,11-14H2,1-2H3. The summed E-state index contributed by atoms with van der Waals surface area (Å²) < 4.78 is 16.4. The van der Waals surface area contributed by atoms with Gasteiger partial charge in [-0.25, -0.2) is 0 Å². The van der Waals surface area contributed by atoms with Gasteiger partial charge >= 0.3 is 0 Å². The molecule has 4 heteroatoms. The van der Waals surface area contributed by atoms with E-state index in [2.05, 4.69) is 12.1 Å². The highest BCUT2D eigenvalue weighted by Crippen LogP contribution is 2.17. The highest BCUT2D eigenvalue weighted by atomic mass is 35.5. The largest absolute Gasteiger partial charge is 0.497 e. The lowest BCUT2D eigenvalue weighted by atomic mass is 10.1. The lowest BCUT2D eigenvalue weighted by molar-refractivity contribution is 0.0390. The van der Waals surface area contributed by atoms with Gasteiger partial charge in [-0.2, -0.15) is 0 Å². The number of halogens is 1. The number of benzene rings is 2. The van der Waals surface area contributed by atoms with Gasteiger partial charge in [-0.15, -0.1) is 11.6 Å². The fraction of sp³-hybridized carbons (Fsp3) is 0.368. The fourth-order valence-corrected chi connectivity index (χ4v) is 2.57. The average Bonchev–Trinajstić information content (AvgIpc) is 2.61. The fourth-order valence-electron chi connectivity index (χ4n) is 2.33. The Morgan fingerprint density at radius 1 is 0.826 bits per heavy atom. The maximum atomic E-state index is 6.05. The summed E-state index contributed by atoms with van der Waals surface area (Å²) in [6.45, 7) is 0.571. The number of hydrogen-bond donors (Lipinski definition) is 0. The average molecular weight is 335 g/mol. The third-order valence-corrected chi connectivity index (χ3v) is 3.92. The maximum absolute atomic E-state index is 6.05. The minimum absolute atomic E-state index is 0.1000. The van der Waals surface area contributed by atoms with E-state index in [1.807, 2.05) is 36.4 Å². The van der Waals surface area contributed by atoms with Crippen LogP contribution in [0.3, 0.4) is 0 Å². The summed E-state index contributed by atoms with van der Waals surface area (Å²) in [6, 6.07) is 16.0. The van der Waals surface area contributed by atoms with E-state index in [9.17, 15) is 0 Å². The Balaban J connectivity index is 1.91. The van der Waals surface area contributed by atoms with E-state index < -0.39 is 0 Å². The minimum Gasteiger partial charge on any atom is -0.497 e. The molecule has 0 aliphatic carbocycles. The molecule has 0 radical (unpaired) electrons. The van der Waals surface area contributed by atoms with E-state index in [-0.39, 0.29) is 6.10 Å².